The molecule has 3 rings (SSSR count). The predicted octanol–water partition coefficient (Wildman–Crippen LogP) is 3.08. The van der Waals surface area contributed by atoms with Gasteiger partial charge in [-0.3, -0.25) is 0 Å². The molecule has 2 aromatic carbocycles. The molecular formula is C19H17NO6. The van der Waals surface area contributed by atoms with E-state index in [1.165, 1.54) is 20.3 Å². The van der Waals surface area contributed by atoms with E-state index >= 15 is 0 Å². The number of nitrogens with one attached hydrogen (secondary N) is 1. The third-order valence-corrected chi connectivity index (χ3v) is 3.89. The van der Waals surface area contributed by atoms with Crippen LogP contribution in [0.1, 0.15) is 27.7 Å². The second kappa shape index (κ2) is 7.18. The monoisotopic (exact) mass is 355 g/mol. The van der Waals surface area contributed by atoms with Crippen molar-refractivity contribution in [2.24, 2.45) is 0 Å². The number of carbonyl (C=O) groups excluding carboxylic acids is 1. The molecule has 134 valence electrons. The van der Waals surface area contributed by atoms with Gasteiger partial charge in [0.15, 0.2) is 11.5 Å². The van der Waals surface area contributed by atoms with E-state index in [0.717, 1.165) is 6.08 Å². The van der Waals surface area contributed by atoms with Crippen molar-refractivity contribution in [2.75, 3.05) is 19.5 Å². The van der Waals surface area contributed by atoms with E-state index in [4.69, 9.17) is 19.3 Å². The molecule has 0 aromatic heterocycles. The van der Waals surface area contributed by atoms with E-state index in [2.05, 4.69) is 5.32 Å². The fourth-order valence-corrected chi connectivity index (χ4v) is 2.76. The minimum absolute atomic E-state index is 0.325. The minimum atomic E-state index is -1.02. The molecule has 26 heavy (non-hydrogen) atoms. The van der Waals surface area contributed by atoms with Gasteiger partial charge >= 0.3 is 11.9 Å². The summed E-state index contributed by atoms with van der Waals surface area (Å²) in [5.74, 6) is -0.750. The zero-order valence-electron chi connectivity index (χ0n) is 14.2. The van der Waals surface area contributed by atoms with Crippen LogP contribution in [0.3, 0.4) is 0 Å². The number of cyclic esters (lactones) is 1. The largest absolute Gasteiger partial charge is 0.493 e. The van der Waals surface area contributed by atoms with Crippen molar-refractivity contribution in [1.82, 2.24) is 0 Å². The molecule has 1 heterocycles. The summed E-state index contributed by atoms with van der Waals surface area (Å²) in [6, 6.07) is 10.5. The van der Waals surface area contributed by atoms with Crippen LogP contribution >= 0.6 is 0 Å². The highest BCUT2D eigenvalue weighted by atomic mass is 16.6. The summed E-state index contributed by atoms with van der Waals surface area (Å²) in [6.45, 7) is 0. The van der Waals surface area contributed by atoms with Crippen LogP contribution in [0.25, 0.3) is 6.08 Å². The first-order valence-electron chi connectivity index (χ1n) is 7.77. The smallest absolute Gasteiger partial charge is 0.344 e. The van der Waals surface area contributed by atoms with Gasteiger partial charge in [-0.25, -0.2) is 9.59 Å². The first-order valence-corrected chi connectivity index (χ1v) is 7.77. The molecule has 0 amide bonds. The van der Waals surface area contributed by atoms with E-state index < -0.39 is 18.2 Å². The summed E-state index contributed by atoms with van der Waals surface area (Å²) in [7, 11) is 2.96. The number of rotatable bonds is 6. The molecule has 7 nitrogen and oxygen atoms in total. The quantitative estimate of drug-likeness (QED) is 0.607. The lowest BCUT2D eigenvalue weighted by Gasteiger charge is -2.15. The fourth-order valence-electron chi connectivity index (χ4n) is 2.76. The van der Waals surface area contributed by atoms with Crippen LogP contribution in [0.15, 0.2) is 42.5 Å². The number of esters is 1. The summed E-state index contributed by atoms with van der Waals surface area (Å²) < 4.78 is 15.9. The van der Waals surface area contributed by atoms with Crippen molar-refractivity contribution in [3.8, 4) is 11.5 Å². The molecule has 0 bridgehead atoms. The molecule has 2 N–H and O–H groups in total. The molecule has 0 saturated heterocycles. The first-order chi connectivity index (χ1) is 12.5. The van der Waals surface area contributed by atoms with Gasteiger partial charge in [-0.1, -0.05) is 12.1 Å². The van der Waals surface area contributed by atoms with Crippen LogP contribution in [-0.2, 0) is 9.53 Å². The van der Waals surface area contributed by atoms with Gasteiger partial charge in [0.1, 0.15) is 5.56 Å². The summed E-state index contributed by atoms with van der Waals surface area (Å²) in [4.78, 5) is 22.9. The average Bonchev–Trinajstić information content (AvgIpc) is 2.95. The third kappa shape index (κ3) is 3.32. The summed E-state index contributed by atoms with van der Waals surface area (Å²) in [6.07, 6.45) is 1.85. The predicted molar refractivity (Wildman–Crippen MR) is 94.4 cm³/mol. The van der Waals surface area contributed by atoms with Crippen molar-refractivity contribution in [2.45, 2.75) is 6.23 Å². The first kappa shape index (κ1) is 17.3. The topological polar surface area (TPSA) is 94.1 Å². The lowest BCUT2D eigenvalue weighted by atomic mass is 10.1. The lowest BCUT2D eigenvalue weighted by molar-refractivity contribution is -0.131. The van der Waals surface area contributed by atoms with Crippen molar-refractivity contribution < 1.29 is 28.9 Å². The molecule has 0 fully saturated rings. The molecule has 0 aliphatic carbocycles. The molecule has 1 aliphatic rings. The van der Waals surface area contributed by atoms with Gasteiger partial charge in [0, 0.05) is 17.3 Å². The van der Waals surface area contributed by atoms with E-state index in [9.17, 15) is 9.59 Å². The van der Waals surface area contributed by atoms with Gasteiger partial charge in [-0.05, 0) is 35.9 Å². The molecule has 0 saturated carbocycles. The normalized spacial score (nSPS) is 15.5. The Bertz CT molecular complexity index is 890. The number of carboxylic acid groups (broad SMARTS) is 1. The van der Waals surface area contributed by atoms with Gasteiger partial charge in [0.25, 0.3) is 0 Å². The van der Waals surface area contributed by atoms with Crippen LogP contribution < -0.4 is 14.8 Å². The van der Waals surface area contributed by atoms with Gasteiger partial charge in [-0.15, -0.1) is 0 Å². The molecule has 1 atom stereocenters. The van der Waals surface area contributed by atoms with Gasteiger partial charge in [-0.2, -0.15) is 0 Å². The van der Waals surface area contributed by atoms with E-state index in [0.29, 0.717) is 33.9 Å². The van der Waals surface area contributed by atoms with Crippen molar-refractivity contribution in [3.05, 3.63) is 59.2 Å². The van der Waals surface area contributed by atoms with Crippen LogP contribution in [-0.4, -0.2) is 31.3 Å². The second-order valence-corrected chi connectivity index (χ2v) is 5.49. The number of ether oxygens (including phenoxy) is 3. The van der Waals surface area contributed by atoms with Gasteiger partial charge in [0.2, 0.25) is 6.23 Å². The zero-order valence-corrected chi connectivity index (χ0v) is 14.2. The number of carbonyl (C=O) groups is 2. The highest BCUT2D eigenvalue weighted by Crippen LogP contribution is 2.42. The number of methoxy groups -OCH3 is 2. The Morgan fingerprint density at radius 2 is 2.04 bits per heavy atom. The Balaban J connectivity index is 1.89. The highest BCUT2D eigenvalue weighted by molar-refractivity contribution is 5.98. The SMILES string of the molecule is COc1ccc2c(c1OC)C(=O)O[C@H]2Nc1cccc(/C=C\C(=O)O)c1. The Morgan fingerprint density at radius 1 is 1.23 bits per heavy atom. The van der Waals surface area contributed by atoms with Crippen LogP contribution in [0.5, 0.6) is 11.5 Å². The van der Waals surface area contributed by atoms with Crippen LogP contribution in [0.2, 0.25) is 0 Å². The van der Waals surface area contributed by atoms with Crippen molar-refractivity contribution in [1.29, 1.82) is 0 Å². The Hall–Kier alpha value is -3.48. The number of anilines is 1. The third-order valence-electron chi connectivity index (χ3n) is 3.89. The number of hydrogen-bond acceptors (Lipinski definition) is 6. The van der Waals surface area contributed by atoms with Crippen LogP contribution in [0, 0.1) is 0 Å². The Kier molecular flexibility index (Phi) is 4.79. The zero-order chi connectivity index (χ0) is 18.7. The summed E-state index contributed by atoms with van der Waals surface area (Å²) in [5, 5.41) is 11.8. The highest BCUT2D eigenvalue weighted by Gasteiger charge is 2.35. The molecule has 0 spiro atoms. The number of carboxylic acids is 1. The van der Waals surface area contributed by atoms with E-state index in [1.54, 1.807) is 36.4 Å². The number of aliphatic carboxylic acids is 1. The molecule has 0 unspecified atom stereocenters. The number of hydrogen-bond donors (Lipinski definition) is 2. The molecule has 0 radical (unpaired) electrons. The molecule has 7 heteroatoms. The summed E-state index contributed by atoms with van der Waals surface area (Å²) in [5.41, 5.74) is 2.35. The van der Waals surface area contributed by atoms with Gasteiger partial charge in [0.05, 0.1) is 14.2 Å². The van der Waals surface area contributed by atoms with Gasteiger partial charge < -0.3 is 24.6 Å². The average molecular weight is 355 g/mol. The van der Waals surface area contributed by atoms with E-state index in [1.807, 2.05) is 0 Å². The number of benzene rings is 2. The molecular weight excluding hydrogens is 338 g/mol. The Labute approximate surface area is 149 Å². The standard InChI is InChI=1S/C19H17NO6/c1-24-14-8-7-13-16(17(14)25-2)19(23)26-18(13)20-12-5-3-4-11(10-12)6-9-15(21)22/h3-10,18,20H,1-2H3,(H,21,22)/b9-6-/t18-/m1/s1. The van der Waals surface area contributed by atoms with Crippen LogP contribution in [0.4, 0.5) is 5.69 Å². The maximum absolute atomic E-state index is 12.3. The maximum atomic E-state index is 12.3. The Morgan fingerprint density at radius 3 is 2.73 bits per heavy atom. The second-order valence-electron chi connectivity index (χ2n) is 5.49. The van der Waals surface area contributed by atoms with E-state index in [-0.39, 0.29) is 0 Å². The fraction of sp³-hybridized carbons (Fsp3) is 0.158. The van der Waals surface area contributed by atoms with Crippen molar-refractivity contribution in [3.63, 3.8) is 0 Å². The number of fused-ring (bicyclic) bond motifs is 1. The molecule has 1 aliphatic heterocycles. The maximum Gasteiger partial charge on any atom is 0.344 e. The lowest BCUT2D eigenvalue weighted by Crippen LogP contribution is -2.10. The minimum Gasteiger partial charge on any atom is -0.493 e. The molecule has 2 aromatic rings. The van der Waals surface area contributed by atoms with Crippen molar-refractivity contribution >= 4 is 23.7 Å². The summed E-state index contributed by atoms with van der Waals surface area (Å²) >= 11 is 0.